The van der Waals surface area contributed by atoms with Crippen LogP contribution in [0.1, 0.15) is 32.6 Å². The molecule has 4 atom stereocenters. The molecule has 15 heavy (non-hydrogen) atoms. The highest BCUT2D eigenvalue weighted by Crippen LogP contribution is 2.33. The predicted octanol–water partition coefficient (Wildman–Crippen LogP) is -0.632. The molecule has 90 valence electrons. The Labute approximate surface area is 89.3 Å². The Balaban J connectivity index is 2.53. The molecule has 5 nitrogen and oxygen atoms in total. The van der Waals surface area contributed by atoms with Crippen molar-refractivity contribution < 1.29 is 25.2 Å². The molecular weight excluding hydrogens is 200 g/mol. The van der Waals surface area contributed by atoms with E-state index < -0.39 is 30.7 Å². The van der Waals surface area contributed by atoms with Crippen molar-refractivity contribution in [2.75, 3.05) is 6.61 Å². The van der Waals surface area contributed by atoms with Gasteiger partial charge in [-0.05, 0) is 6.42 Å². The topological polar surface area (TPSA) is 90.2 Å². The first-order valence-corrected chi connectivity index (χ1v) is 5.42. The molecule has 1 aliphatic heterocycles. The van der Waals surface area contributed by atoms with Gasteiger partial charge < -0.3 is 25.2 Å². The normalized spacial score (nSPS) is 41.0. The molecule has 0 aromatic rings. The van der Waals surface area contributed by atoms with E-state index in [2.05, 4.69) is 0 Å². The van der Waals surface area contributed by atoms with Crippen LogP contribution in [0.25, 0.3) is 0 Å². The smallest absolute Gasteiger partial charge is 0.195 e. The van der Waals surface area contributed by atoms with Crippen LogP contribution in [0.3, 0.4) is 0 Å². The van der Waals surface area contributed by atoms with E-state index in [-0.39, 0.29) is 6.42 Å². The number of aliphatic hydroxyl groups is 4. The molecular formula is C10H20O5. The molecule has 1 fully saturated rings. The standard InChI is InChI=1S/C10H20O5/c1-2-3-4-5-10(14)9(13)8(12)7(6-11)15-10/h7-9,11-14H,2-6H2,1H3/t7-,8+,9-,10?/m1/s1. The lowest BCUT2D eigenvalue weighted by atomic mass is 10.00. The molecule has 1 unspecified atom stereocenters. The van der Waals surface area contributed by atoms with Crippen LogP contribution in [-0.4, -0.2) is 51.1 Å². The van der Waals surface area contributed by atoms with Gasteiger partial charge in [0.05, 0.1) is 6.61 Å². The molecule has 1 rings (SSSR count). The summed E-state index contributed by atoms with van der Waals surface area (Å²) in [7, 11) is 0. The molecule has 1 heterocycles. The first-order valence-electron chi connectivity index (χ1n) is 5.42. The monoisotopic (exact) mass is 220 g/mol. The highest BCUT2D eigenvalue weighted by molar-refractivity contribution is 4.94. The van der Waals surface area contributed by atoms with E-state index in [9.17, 15) is 15.3 Å². The van der Waals surface area contributed by atoms with Gasteiger partial charge in [-0.1, -0.05) is 19.8 Å². The zero-order valence-electron chi connectivity index (χ0n) is 8.96. The lowest BCUT2D eigenvalue weighted by Gasteiger charge is -2.25. The quantitative estimate of drug-likeness (QED) is 0.463. The van der Waals surface area contributed by atoms with E-state index in [1.54, 1.807) is 0 Å². The van der Waals surface area contributed by atoms with Gasteiger partial charge in [0.25, 0.3) is 0 Å². The van der Waals surface area contributed by atoms with Gasteiger partial charge in [0.1, 0.15) is 18.3 Å². The van der Waals surface area contributed by atoms with Gasteiger partial charge in [-0.25, -0.2) is 0 Å². The fourth-order valence-corrected chi connectivity index (χ4v) is 1.85. The molecule has 1 aliphatic rings. The minimum atomic E-state index is -1.71. The van der Waals surface area contributed by atoms with Crippen LogP contribution in [0.15, 0.2) is 0 Å². The van der Waals surface area contributed by atoms with Crippen molar-refractivity contribution >= 4 is 0 Å². The lowest BCUT2D eigenvalue weighted by Crippen LogP contribution is -2.43. The zero-order valence-corrected chi connectivity index (χ0v) is 8.96. The number of unbranched alkanes of at least 4 members (excludes halogenated alkanes) is 2. The second-order valence-electron chi connectivity index (χ2n) is 4.08. The molecule has 4 N–H and O–H groups in total. The average molecular weight is 220 g/mol. The average Bonchev–Trinajstić information content (AvgIpc) is 2.44. The zero-order chi connectivity index (χ0) is 11.5. The molecule has 0 bridgehead atoms. The van der Waals surface area contributed by atoms with Crippen molar-refractivity contribution in [3.8, 4) is 0 Å². The summed E-state index contributed by atoms with van der Waals surface area (Å²) in [5.74, 6) is -1.71. The fraction of sp³-hybridized carbons (Fsp3) is 1.00. The van der Waals surface area contributed by atoms with E-state index in [1.807, 2.05) is 6.92 Å². The van der Waals surface area contributed by atoms with Gasteiger partial charge in [0.2, 0.25) is 0 Å². The van der Waals surface area contributed by atoms with E-state index in [0.717, 1.165) is 19.3 Å². The van der Waals surface area contributed by atoms with Crippen molar-refractivity contribution in [3.05, 3.63) is 0 Å². The maximum atomic E-state index is 9.92. The molecule has 5 heteroatoms. The summed E-state index contributed by atoms with van der Waals surface area (Å²) in [6, 6.07) is 0. The fourth-order valence-electron chi connectivity index (χ4n) is 1.85. The summed E-state index contributed by atoms with van der Waals surface area (Å²) >= 11 is 0. The molecule has 1 saturated heterocycles. The van der Waals surface area contributed by atoms with Crippen molar-refractivity contribution in [1.29, 1.82) is 0 Å². The number of rotatable bonds is 5. The summed E-state index contributed by atoms with van der Waals surface area (Å²) in [6.07, 6.45) is -0.541. The SMILES string of the molecule is CCCCCC1(O)O[C@H](CO)[C@H](O)[C@H]1O. The molecule has 0 aromatic heterocycles. The first kappa shape index (κ1) is 12.9. The Kier molecular flexibility index (Phi) is 4.48. The van der Waals surface area contributed by atoms with E-state index >= 15 is 0 Å². The van der Waals surface area contributed by atoms with Crippen LogP contribution in [0.4, 0.5) is 0 Å². The maximum absolute atomic E-state index is 9.92. The van der Waals surface area contributed by atoms with E-state index in [4.69, 9.17) is 9.84 Å². The Morgan fingerprint density at radius 1 is 1.27 bits per heavy atom. The van der Waals surface area contributed by atoms with Crippen molar-refractivity contribution in [2.24, 2.45) is 0 Å². The van der Waals surface area contributed by atoms with Crippen LogP contribution in [-0.2, 0) is 4.74 Å². The maximum Gasteiger partial charge on any atom is 0.195 e. The van der Waals surface area contributed by atoms with Gasteiger partial charge in [0.15, 0.2) is 5.79 Å². The molecule has 0 aromatic carbocycles. The number of hydrogen-bond donors (Lipinski definition) is 4. The van der Waals surface area contributed by atoms with Crippen LogP contribution in [0, 0.1) is 0 Å². The van der Waals surface area contributed by atoms with Crippen molar-refractivity contribution in [1.82, 2.24) is 0 Å². The Bertz CT molecular complexity index is 198. The lowest BCUT2D eigenvalue weighted by molar-refractivity contribution is -0.234. The largest absolute Gasteiger partial charge is 0.394 e. The van der Waals surface area contributed by atoms with Gasteiger partial charge in [-0.15, -0.1) is 0 Å². The van der Waals surface area contributed by atoms with Crippen molar-refractivity contribution in [2.45, 2.75) is 56.7 Å². The molecule has 0 spiro atoms. The van der Waals surface area contributed by atoms with Crippen LogP contribution < -0.4 is 0 Å². The van der Waals surface area contributed by atoms with Gasteiger partial charge in [-0.3, -0.25) is 0 Å². The molecule has 0 aliphatic carbocycles. The number of ether oxygens (including phenoxy) is 1. The van der Waals surface area contributed by atoms with Crippen LogP contribution in [0.2, 0.25) is 0 Å². The summed E-state index contributed by atoms with van der Waals surface area (Å²) in [4.78, 5) is 0. The Hall–Kier alpha value is -0.200. The second kappa shape index (κ2) is 5.23. The highest BCUT2D eigenvalue weighted by atomic mass is 16.7. The molecule has 0 radical (unpaired) electrons. The van der Waals surface area contributed by atoms with E-state index in [1.165, 1.54) is 0 Å². The van der Waals surface area contributed by atoms with Crippen LogP contribution in [0.5, 0.6) is 0 Å². The predicted molar refractivity (Wildman–Crippen MR) is 53.1 cm³/mol. The van der Waals surface area contributed by atoms with Crippen molar-refractivity contribution in [3.63, 3.8) is 0 Å². The third kappa shape index (κ3) is 2.68. The molecule has 0 amide bonds. The first-order chi connectivity index (χ1) is 7.05. The summed E-state index contributed by atoms with van der Waals surface area (Å²) in [5, 5.41) is 37.8. The Morgan fingerprint density at radius 2 is 1.93 bits per heavy atom. The summed E-state index contributed by atoms with van der Waals surface area (Å²) in [5.41, 5.74) is 0. The third-order valence-corrected chi connectivity index (χ3v) is 2.84. The van der Waals surface area contributed by atoms with E-state index in [0.29, 0.717) is 0 Å². The second-order valence-corrected chi connectivity index (χ2v) is 4.08. The minimum Gasteiger partial charge on any atom is -0.394 e. The summed E-state index contributed by atoms with van der Waals surface area (Å²) in [6.45, 7) is 1.62. The highest BCUT2D eigenvalue weighted by Gasteiger charge is 2.52. The molecule has 0 saturated carbocycles. The van der Waals surface area contributed by atoms with Gasteiger partial charge >= 0.3 is 0 Å². The Morgan fingerprint density at radius 3 is 2.40 bits per heavy atom. The van der Waals surface area contributed by atoms with Gasteiger partial charge in [-0.2, -0.15) is 0 Å². The van der Waals surface area contributed by atoms with Crippen LogP contribution >= 0.6 is 0 Å². The number of hydrogen-bond acceptors (Lipinski definition) is 5. The minimum absolute atomic E-state index is 0.273. The third-order valence-electron chi connectivity index (χ3n) is 2.84. The number of aliphatic hydroxyl groups excluding tert-OH is 3. The van der Waals surface area contributed by atoms with Gasteiger partial charge in [0, 0.05) is 6.42 Å². The summed E-state index contributed by atoms with van der Waals surface area (Å²) < 4.78 is 5.07.